The second-order valence-corrected chi connectivity index (χ2v) is 5.28. The van der Waals surface area contributed by atoms with Gasteiger partial charge in [-0.3, -0.25) is 0 Å². The van der Waals surface area contributed by atoms with E-state index < -0.39 is 0 Å². The fourth-order valence-corrected chi connectivity index (χ4v) is 3.01. The summed E-state index contributed by atoms with van der Waals surface area (Å²) in [5.74, 6) is 0. The number of para-hydroxylation sites is 1. The lowest BCUT2D eigenvalue weighted by atomic mass is 10.0. The molecular formula is C15H21N3. The lowest BCUT2D eigenvalue weighted by Gasteiger charge is -2.23. The van der Waals surface area contributed by atoms with Crippen molar-refractivity contribution < 1.29 is 0 Å². The van der Waals surface area contributed by atoms with Gasteiger partial charge in [-0.2, -0.15) is 0 Å². The SMILES string of the molecule is Cn1c([C@H]2NCCCC[C@@H]2N)cc2ccccc21. The van der Waals surface area contributed by atoms with Crippen molar-refractivity contribution in [3.05, 3.63) is 36.0 Å². The van der Waals surface area contributed by atoms with Crippen molar-refractivity contribution in [3.63, 3.8) is 0 Å². The van der Waals surface area contributed by atoms with E-state index in [2.05, 4.69) is 47.3 Å². The second kappa shape index (κ2) is 4.75. The molecule has 0 bridgehead atoms. The van der Waals surface area contributed by atoms with E-state index in [1.807, 2.05) is 0 Å². The number of aryl methyl sites for hydroxylation is 1. The minimum Gasteiger partial charge on any atom is -0.346 e. The van der Waals surface area contributed by atoms with Gasteiger partial charge in [0.15, 0.2) is 0 Å². The van der Waals surface area contributed by atoms with E-state index in [0.29, 0.717) is 0 Å². The quantitative estimate of drug-likeness (QED) is 0.807. The molecule has 96 valence electrons. The number of nitrogens with zero attached hydrogens (tertiary/aromatic N) is 1. The maximum atomic E-state index is 6.33. The first-order chi connectivity index (χ1) is 8.77. The Morgan fingerprint density at radius 1 is 1.28 bits per heavy atom. The molecule has 0 amide bonds. The zero-order valence-corrected chi connectivity index (χ0v) is 10.9. The van der Waals surface area contributed by atoms with E-state index in [1.54, 1.807) is 0 Å². The van der Waals surface area contributed by atoms with Gasteiger partial charge < -0.3 is 15.6 Å². The van der Waals surface area contributed by atoms with Crippen LogP contribution in [-0.4, -0.2) is 17.2 Å². The van der Waals surface area contributed by atoms with Crippen LogP contribution in [0.4, 0.5) is 0 Å². The highest BCUT2D eigenvalue weighted by Gasteiger charge is 2.24. The summed E-state index contributed by atoms with van der Waals surface area (Å²) < 4.78 is 2.28. The summed E-state index contributed by atoms with van der Waals surface area (Å²) in [6.07, 6.45) is 3.57. The zero-order valence-electron chi connectivity index (χ0n) is 10.9. The molecular weight excluding hydrogens is 222 g/mol. The van der Waals surface area contributed by atoms with E-state index in [1.165, 1.54) is 29.4 Å². The molecule has 0 spiro atoms. The minimum atomic E-state index is 0.218. The fourth-order valence-electron chi connectivity index (χ4n) is 3.01. The van der Waals surface area contributed by atoms with Gasteiger partial charge in [0.25, 0.3) is 0 Å². The van der Waals surface area contributed by atoms with Gasteiger partial charge in [-0.1, -0.05) is 24.6 Å². The molecule has 1 aromatic heterocycles. The Labute approximate surface area is 108 Å². The molecule has 1 aromatic carbocycles. The first-order valence-corrected chi connectivity index (χ1v) is 6.80. The van der Waals surface area contributed by atoms with Gasteiger partial charge in [-0.25, -0.2) is 0 Å². The summed E-state index contributed by atoms with van der Waals surface area (Å²) in [4.78, 5) is 0. The van der Waals surface area contributed by atoms with E-state index in [0.717, 1.165) is 13.0 Å². The number of nitrogens with one attached hydrogen (secondary N) is 1. The average molecular weight is 243 g/mol. The van der Waals surface area contributed by atoms with Crippen LogP contribution in [0.3, 0.4) is 0 Å². The van der Waals surface area contributed by atoms with E-state index in [-0.39, 0.29) is 12.1 Å². The van der Waals surface area contributed by atoms with E-state index in [9.17, 15) is 0 Å². The van der Waals surface area contributed by atoms with Crippen molar-refractivity contribution in [3.8, 4) is 0 Å². The van der Waals surface area contributed by atoms with Crippen molar-refractivity contribution >= 4 is 10.9 Å². The minimum absolute atomic E-state index is 0.218. The van der Waals surface area contributed by atoms with Crippen molar-refractivity contribution in [2.45, 2.75) is 31.3 Å². The molecule has 0 unspecified atom stereocenters. The van der Waals surface area contributed by atoms with Gasteiger partial charge in [0.05, 0.1) is 6.04 Å². The maximum Gasteiger partial charge on any atom is 0.0628 e. The van der Waals surface area contributed by atoms with Crippen LogP contribution in [0.2, 0.25) is 0 Å². The molecule has 0 saturated carbocycles. The Kier molecular flexibility index (Phi) is 3.10. The highest BCUT2D eigenvalue weighted by molar-refractivity contribution is 5.81. The fraction of sp³-hybridized carbons (Fsp3) is 0.467. The van der Waals surface area contributed by atoms with E-state index in [4.69, 9.17) is 5.73 Å². The number of fused-ring (bicyclic) bond motifs is 1. The number of hydrogen-bond acceptors (Lipinski definition) is 2. The number of rotatable bonds is 1. The third-order valence-corrected chi connectivity index (χ3v) is 4.06. The second-order valence-electron chi connectivity index (χ2n) is 5.28. The van der Waals surface area contributed by atoms with Crippen molar-refractivity contribution in [2.24, 2.45) is 12.8 Å². The largest absolute Gasteiger partial charge is 0.346 e. The van der Waals surface area contributed by atoms with Crippen molar-refractivity contribution in [1.82, 2.24) is 9.88 Å². The van der Waals surface area contributed by atoms with Crippen LogP contribution in [0, 0.1) is 0 Å². The Balaban J connectivity index is 2.04. The summed E-state index contributed by atoms with van der Waals surface area (Å²) in [6.45, 7) is 1.07. The van der Waals surface area contributed by atoms with Crippen LogP contribution in [0.5, 0.6) is 0 Å². The van der Waals surface area contributed by atoms with Crippen LogP contribution >= 0.6 is 0 Å². The van der Waals surface area contributed by atoms with Gasteiger partial charge in [-0.05, 0) is 36.9 Å². The van der Waals surface area contributed by atoms with Gasteiger partial charge in [0.2, 0.25) is 0 Å². The van der Waals surface area contributed by atoms with Crippen LogP contribution in [0.25, 0.3) is 10.9 Å². The molecule has 2 atom stereocenters. The summed E-state index contributed by atoms with van der Waals surface area (Å²) in [7, 11) is 2.14. The average Bonchev–Trinajstić information content (AvgIpc) is 2.57. The number of hydrogen-bond donors (Lipinski definition) is 2. The summed E-state index contributed by atoms with van der Waals surface area (Å²) >= 11 is 0. The molecule has 2 aromatic rings. The smallest absolute Gasteiger partial charge is 0.0628 e. The molecule has 1 fully saturated rings. The highest BCUT2D eigenvalue weighted by atomic mass is 15.0. The lowest BCUT2D eigenvalue weighted by molar-refractivity contribution is 0.446. The lowest BCUT2D eigenvalue weighted by Crippen LogP contribution is -2.37. The molecule has 1 aliphatic heterocycles. The van der Waals surface area contributed by atoms with Crippen LogP contribution in [-0.2, 0) is 7.05 Å². The number of nitrogens with two attached hydrogens (primary N) is 1. The Morgan fingerprint density at radius 3 is 2.94 bits per heavy atom. The van der Waals surface area contributed by atoms with Crippen LogP contribution in [0.15, 0.2) is 30.3 Å². The Hall–Kier alpha value is -1.32. The molecule has 1 saturated heterocycles. The maximum absolute atomic E-state index is 6.33. The molecule has 3 N–H and O–H groups in total. The van der Waals surface area contributed by atoms with Crippen molar-refractivity contribution in [2.75, 3.05) is 6.54 Å². The molecule has 3 heteroatoms. The molecule has 2 heterocycles. The molecule has 0 aliphatic carbocycles. The van der Waals surface area contributed by atoms with Gasteiger partial charge >= 0.3 is 0 Å². The molecule has 0 radical (unpaired) electrons. The predicted octanol–water partition coefficient (Wildman–Crippen LogP) is 2.32. The summed E-state index contributed by atoms with van der Waals surface area (Å²) in [5, 5.41) is 4.90. The zero-order chi connectivity index (χ0) is 12.5. The van der Waals surface area contributed by atoms with Gasteiger partial charge in [-0.15, -0.1) is 0 Å². The summed E-state index contributed by atoms with van der Waals surface area (Å²) in [6, 6.07) is 11.3. The summed E-state index contributed by atoms with van der Waals surface area (Å²) in [5.41, 5.74) is 8.92. The van der Waals surface area contributed by atoms with Crippen LogP contribution in [0.1, 0.15) is 31.0 Å². The predicted molar refractivity (Wildman–Crippen MR) is 75.5 cm³/mol. The van der Waals surface area contributed by atoms with Crippen LogP contribution < -0.4 is 11.1 Å². The molecule has 1 aliphatic rings. The Bertz CT molecular complexity index is 544. The van der Waals surface area contributed by atoms with Gasteiger partial charge in [0.1, 0.15) is 0 Å². The number of benzene rings is 1. The topological polar surface area (TPSA) is 43.0 Å². The first-order valence-electron chi connectivity index (χ1n) is 6.80. The van der Waals surface area contributed by atoms with Gasteiger partial charge in [0, 0.05) is 24.3 Å². The molecule has 3 nitrogen and oxygen atoms in total. The van der Waals surface area contributed by atoms with E-state index >= 15 is 0 Å². The standard InChI is InChI=1S/C15H21N3/c1-18-13-8-3-2-6-11(13)10-14(18)15-12(16)7-4-5-9-17-15/h2-3,6,8,10,12,15,17H,4-5,7,9,16H2,1H3/t12-,15-/m0/s1. The Morgan fingerprint density at radius 2 is 2.11 bits per heavy atom. The highest BCUT2D eigenvalue weighted by Crippen LogP contribution is 2.27. The normalized spacial score (nSPS) is 25.2. The number of aromatic nitrogens is 1. The molecule has 3 rings (SSSR count). The first kappa shape index (κ1) is 11.8. The van der Waals surface area contributed by atoms with Crippen molar-refractivity contribution in [1.29, 1.82) is 0 Å². The third kappa shape index (κ3) is 1.93. The monoisotopic (exact) mass is 243 g/mol. The molecule has 18 heavy (non-hydrogen) atoms. The third-order valence-electron chi connectivity index (χ3n) is 4.06.